The molecule has 2 unspecified atom stereocenters. The lowest BCUT2D eigenvalue weighted by molar-refractivity contribution is -0.129. The molecule has 6 heteroatoms. The Morgan fingerprint density at radius 2 is 1.88 bits per heavy atom. The molecule has 136 valence electrons. The fraction of sp³-hybridized carbons (Fsp3) is 0.474. The van der Waals surface area contributed by atoms with Crippen LogP contribution in [-0.2, 0) is 4.79 Å². The third-order valence-corrected chi connectivity index (χ3v) is 4.86. The second-order valence-corrected chi connectivity index (χ2v) is 6.64. The Kier molecular flexibility index (Phi) is 5.72. The van der Waals surface area contributed by atoms with Crippen LogP contribution in [0.3, 0.4) is 0 Å². The van der Waals surface area contributed by atoms with Gasteiger partial charge in [-0.1, -0.05) is 13.8 Å². The predicted molar refractivity (Wildman–Crippen MR) is 95.9 cm³/mol. The molecule has 0 aromatic heterocycles. The van der Waals surface area contributed by atoms with Crippen LogP contribution in [-0.4, -0.2) is 44.9 Å². The van der Waals surface area contributed by atoms with E-state index in [4.69, 9.17) is 15.2 Å². The standard InChI is InChI=1S/C19H26N2O4/c1-11(2)18-14(8-20)19(23)21(3)9-15(18)13-7-16(24-4)12(10-22)6-17(13)25-5/h6-8,10-11,15,18H,9,20H2,1-5H3/b14-8+. The van der Waals surface area contributed by atoms with Gasteiger partial charge in [-0.25, -0.2) is 0 Å². The summed E-state index contributed by atoms with van der Waals surface area (Å²) in [5.41, 5.74) is 7.73. The third kappa shape index (κ3) is 3.34. The highest BCUT2D eigenvalue weighted by Gasteiger charge is 2.40. The van der Waals surface area contributed by atoms with Crippen molar-refractivity contribution < 1.29 is 19.1 Å². The van der Waals surface area contributed by atoms with E-state index >= 15 is 0 Å². The highest BCUT2D eigenvalue weighted by Crippen LogP contribution is 2.44. The molecule has 1 aliphatic rings. The van der Waals surface area contributed by atoms with Crippen molar-refractivity contribution in [1.82, 2.24) is 4.90 Å². The summed E-state index contributed by atoms with van der Waals surface area (Å²) in [6.45, 7) is 4.69. The Morgan fingerprint density at radius 1 is 1.24 bits per heavy atom. The second kappa shape index (κ2) is 7.59. The van der Waals surface area contributed by atoms with Gasteiger partial charge in [0.05, 0.1) is 19.8 Å². The molecule has 1 aromatic rings. The molecule has 2 atom stereocenters. The summed E-state index contributed by atoms with van der Waals surface area (Å²) in [4.78, 5) is 25.5. The molecule has 0 radical (unpaired) electrons. The molecule has 2 N–H and O–H groups in total. The number of amides is 1. The average Bonchev–Trinajstić information content (AvgIpc) is 2.61. The Labute approximate surface area is 148 Å². The molecule has 1 aliphatic heterocycles. The van der Waals surface area contributed by atoms with Crippen molar-refractivity contribution in [2.24, 2.45) is 17.6 Å². The van der Waals surface area contributed by atoms with Crippen LogP contribution in [0, 0.1) is 11.8 Å². The number of likely N-dealkylation sites (tertiary alicyclic amines) is 1. The fourth-order valence-electron chi connectivity index (χ4n) is 3.70. The molecule has 1 amide bonds. The number of piperidine rings is 1. The number of likely N-dealkylation sites (N-methyl/N-ethyl adjacent to an activating group) is 1. The first kappa shape index (κ1) is 18.8. The van der Waals surface area contributed by atoms with Gasteiger partial charge in [0, 0.05) is 42.8 Å². The van der Waals surface area contributed by atoms with Crippen LogP contribution in [0.1, 0.15) is 35.7 Å². The van der Waals surface area contributed by atoms with Gasteiger partial charge in [0.2, 0.25) is 0 Å². The van der Waals surface area contributed by atoms with Crippen LogP contribution in [0.25, 0.3) is 0 Å². The summed E-state index contributed by atoms with van der Waals surface area (Å²) in [6.07, 6.45) is 2.16. The van der Waals surface area contributed by atoms with E-state index in [1.165, 1.54) is 13.3 Å². The molecular formula is C19H26N2O4. The number of hydrogen-bond donors (Lipinski definition) is 1. The van der Waals surface area contributed by atoms with Gasteiger partial charge in [0.1, 0.15) is 11.5 Å². The maximum absolute atomic E-state index is 12.5. The largest absolute Gasteiger partial charge is 0.496 e. The van der Waals surface area contributed by atoms with Gasteiger partial charge in [-0.05, 0) is 18.1 Å². The molecule has 1 fully saturated rings. The number of nitrogens with zero attached hydrogens (tertiary/aromatic N) is 1. The Hall–Kier alpha value is -2.50. The number of hydrogen-bond acceptors (Lipinski definition) is 5. The molecule has 6 nitrogen and oxygen atoms in total. The molecule has 25 heavy (non-hydrogen) atoms. The minimum Gasteiger partial charge on any atom is -0.496 e. The van der Waals surface area contributed by atoms with E-state index in [0.29, 0.717) is 29.2 Å². The van der Waals surface area contributed by atoms with E-state index in [1.807, 2.05) is 6.07 Å². The van der Waals surface area contributed by atoms with Crippen molar-refractivity contribution >= 4 is 12.2 Å². The van der Waals surface area contributed by atoms with Crippen molar-refractivity contribution in [2.45, 2.75) is 19.8 Å². The third-order valence-electron chi connectivity index (χ3n) is 4.86. The minimum atomic E-state index is -0.0482. The van der Waals surface area contributed by atoms with Crippen molar-refractivity contribution in [3.8, 4) is 11.5 Å². The van der Waals surface area contributed by atoms with Gasteiger partial charge in [0.15, 0.2) is 6.29 Å². The van der Waals surface area contributed by atoms with Crippen molar-refractivity contribution in [1.29, 1.82) is 0 Å². The zero-order valence-electron chi connectivity index (χ0n) is 15.4. The quantitative estimate of drug-likeness (QED) is 0.653. The van der Waals surface area contributed by atoms with Gasteiger partial charge in [-0.2, -0.15) is 0 Å². The zero-order valence-corrected chi connectivity index (χ0v) is 15.4. The van der Waals surface area contributed by atoms with E-state index in [1.54, 1.807) is 25.1 Å². The molecule has 0 bridgehead atoms. The van der Waals surface area contributed by atoms with Crippen LogP contribution in [0.5, 0.6) is 11.5 Å². The highest BCUT2D eigenvalue weighted by molar-refractivity contribution is 5.95. The molecule has 0 aliphatic carbocycles. The van der Waals surface area contributed by atoms with Crippen molar-refractivity contribution in [2.75, 3.05) is 27.8 Å². The Bertz CT molecular complexity index is 697. The van der Waals surface area contributed by atoms with Gasteiger partial charge >= 0.3 is 0 Å². The van der Waals surface area contributed by atoms with Crippen LogP contribution < -0.4 is 15.2 Å². The van der Waals surface area contributed by atoms with E-state index in [2.05, 4.69) is 13.8 Å². The molecule has 1 saturated heterocycles. The average molecular weight is 346 g/mol. The highest BCUT2D eigenvalue weighted by atomic mass is 16.5. The number of methoxy groups -OCH3 is 2. The second-order valence-electron chi connectivity index (χ2n) is 6.64. The maximum atomic E-state index is 12.5. The number of ether oxygens (including phenoxy) is 2. The van der Waals surface area contributed by atoms with Gasteiger partial charge in [-0.3, -0.25) is 9.59 Å². The predicted octanol–water partition coefficient (Wildman–Crippen LogP) is 2.19. The molecule has 0 spiro atoms. The first-order chi connectivity index (χ1) is 11.9. The van der Waals surface area contributed by atoms with E-state index in [-0.39, 0.29) is 23.7 Å². The Balaban J connectivity index is 2.64. The SMILES string of the molecule is COc1cc(C2CN(C)C(=O)/C(=C/N)C2C(C)C)c(OC)cc1C=O. The molecule has 1 aromatic carbocycles. The monoisotopic (exact) mass is 346 g/mol. The normalized spacial score (nSPS) is 22.4. The maximum Gasteiger partial charge on any atom is 0.251 e. The van der Waals surface area contributed by atoms with Crippen LogP contribution >= 0.6 is 0 Å². The van der Waals surface area contributed by atoms with Gasteiger partial charge < -0.3 is 20.1 Å². The summed E-state index contributed by atoms with van der Waals surface area (Å²) in [5.74, 6) is 1.20. The fourth-order valence-corrected chi connectivity index (χ4v) is 3.70. The first-order valence-electron chi connectivity index (χ1n) is 8.27. The molecule has 2 rings (SSSR count). The summed E-state index contributed by atoms with van der Waals surface area (Å²) in [5, 5.41) is 0. The van der Waals surface area contributed by atoms with E-state index in [9.17, 15) is 9.59 Å². The Morgan fingerprint density at radius 3 is 2.36 bits per heavy atom. The summed E-state index contributed by atoms with van der Waals surface area (Å²) < 4.78 is 10.9. The number of rotatable bonds is 5. The van der Waals surface area contributed by atoms with Crippen molar-refractivity contribution in [3.63, 3.8) is 0 Å². The molecular weight excluding hydrogens is 320 g/mol. The number of carbonyl (C=O) groups excluding carboxylic acids is 2. The van der Waals surface area contributed by atoms with Crippen LogP contribution in [0.2, 0.25) is 0 Å². The number of carbonyl (C=O) groups is 2. The van der Waals surface area contributed by atoms with Crippen molar-refractivity contribution in [3.05, 3.63) is 35.0 Å². The topological polar surface area (TPSA) is 81.9 Å². The number of aldehydes is 1. The lowest BCUT2D eigenvalue weighted by Crippen LogP contribution is -2.45. The van der Waals surface area contributed by atoms with E-state index < -0.39 is 0 Å². The van der Waals surface area contributed by atoms with Crippen LogP contribution in [0.15, 0.2) is 23.9 Å². The lowest BCUT2D eigenvalue weighted by atomic mass is 9.71. The first-order valence-corrected chi connectivity index (χ1v) is 8.27. The molecule has 1 heterocycles. The lowest BCUT2D eigenvalue weighted by Gasteiger charge is -2.41. The van der Waals surface area contributed by atoms with E-state index in [0.717, 1.165) is 11.8 Å². The molecule has 0 saturated carbocycles. The van der Waals surface area contributed by atoms with Gasteiger partial charge in [0.25, 0.3) is 5.91 Å². The number of nitrogens with two attached hydrogens (primary N) is 1. The van der Waals surface area contributed by atoms with Gasteiger partial charge in [-0.15, -0.1) is 0 Å². The summed E-state index contributed by atoms with van der Waals surface area (Å²) in [7, 11) is 4.86. The van der Waals surface area contributed by atoms with Crippen LogP contribution in [0.4, 0.5) is 0 Å². The summed E-state index contributed by atoms with van der Waals surface area (Å²) >= 11 is 0. The number of benzene rings is 1. The minimum absolute atomic E-state index is 0.0120. The zero-order chi connectivity index (χ0) is 18.7. The summed E-state index contributed by atoms with van der Waals surface area (Å²) in [6, 6.07) is 3.52. The smallest absolute Gasteiger partial charge is 0.251 e.